The number of aliphatic hydroxyl groups excluding tert-OH is 1. The van der Waals surface area contributed by atoms with Crippen molar-refractivity contribution in [2.75, 3.05) is 32.7 Å². The molecule has 1 saturated heterocycles. The Kier molecular flexibility index (Phi) is 6.22. The third-order valence-corrected chi connectivity index (χ3v) is 4.59. The van der Waals surface area contributed by atoms with E-state index in [-0.39, 0.29) is 6.10 Å². The van der Waals surface area contributed by atoms with Crippen molar-refractivity contribution in [1.82, 2.24) is 9.80 Å². The van der Waals surface area contributed by atoms with Crippen LogP contribution in [0.4, 0.5) is 0 Å². The molecule has 2 atom stereocenters. The van der Waals surface area contributed by atoms with Crippen LogP contribution in [0.5, 0.6) is 0 Å². The minimum Gasteiger partial charge on any atom is -0.387 e. The zero-order valence-electron chi connectivity index (χ0n) is 13.8. The maximum absolute atomic E-state index is 10.4. The molecule has 0 bridgehead atoms. The Balaban J connectivity index is 1.87. The Morgan fingerprint density at radius 1 is 1.19 bits per heavy atom. The van der Waals surface area contributed by atoms with E-state index in [2.05, 4.69) is 54.8 Å². The van der Waals surface area contributed by atoms with Crippen LogP contribution in [-0.2, 0) is 6.42 Å². The minimum absolute atomic E-state index is 0.374. The third-order valence-electron chi connectivity index (χ3n) is 4.59. The summed E-state index contributed by atoms with van der Waals surface area (Å²) in [4.78, 5) is 4.89. The number of rotatable bonds is 6. The minimum atomic E-state index is -0.374. The molecule has 1 N–H and O–H groups in total. The second-order valence-electron chi connectivity index (χ2n) is 6.24. The van der Waals surface area contributed by atoms with E-state index in [4.69, 9.17) is 0 Å². The SMILES string of the molecule is CCCc1ccc(C(O)CN2CCN(CC)C(C)C2)cc1. The molecule has 1 aliphatic heterocycles. The van der Waals surface area contributed by atoms with E-state index in [0.717, 1.165) is 44.7 Å². The Morgan fingerprint density at radius 2 is 1.90 bits per heavy atom. The lowest BCUT2D eigenvalue weighted by molar-refractivity contribution is 0.0478. The second-order valence-corrected chi connectivity index (χ2v) is 6.24. The molecule has 0 spiro atoms. The van der Waals surface area contributed by atoms with Gasteiger partial charge in [0.25, 0.3) is 0 Å². The van der Waals surface area contributed by atoms with Crippen LogP contribution in [0.1, 0.15) is 44.4 Å². The molecule has 1 aromatic rings. The summed E-state index contributed by atoms with van der Waals surface area (Å²) in [6, 6.07) is 9.06. The number of likely N-dealkylation sites (N-methyl/N-ethyl adjacent to an activating group) is 1. The van der Waals surface area contributed by atoms with Gasteiger partial charge >= 0.3 is 0 Å². The summed E-state index contributed by atoms with van der Waals surface area (Å²) in [5.41, 5.74) is 2.40. The molecule has 2 unspecified atom stereocenters. The van der Waals surface area contributed by atoms with Gasteiger partial charge < -0.3 is 5.11 Å². The maximum atomic E-state index is 10.4. The van der Waals surface area contributed by atoms with Crippen molar-refractivity contribution in [3.8, 4) is 0 Å². The van der Waals surface area contributed by atoms with E-state index in [9.17, 15) is 5.11 Å². The number of piperazine rings is 1. The van der Waals surface area contributed by atoms with Gasteiger partial charge in [-0.15, -0.1) is 0 Å². The molecule has 0 radical (unpaired) electrons. The Morgan fingerprint density at radius 3 is 2.48 bits per heavy atom. The van der Waals surface area contributed by atoms with Gasteiger partial charge in [-0.05, 0) is 31.0 Å². The zero-order valence-corrected chi connectivity index (χ0v) is 13.8. The smallest absolute Gasteiger partial charge is 0.0916 e. The molecule has 1 aliphatic rings. The molecule has 0 aromatic heterocycles. The lowest BCUT2D eigenvalue weighted by atomic mass is 10.0. The van der Waals surface area contributed by atoms with Gasteiger partial charge in [-0.25, -0.2) is 0 Å². The number of hydrogen-bond acceptors (Lipinski definition) is 3. The first-order valence-electron chi connectivity index (χ1n) is 8.37. The predicted molar refractivity (Wildman–Crippen MR) is 88.5 cm³/mol. The lowest BCUT2D eigenvalue weighted by Crippen LogP contribution is -2.52. The van der Waals surface area contributed by atoms with Crippen LogP contribution in [0, 0.1) is 0 Å². The van der Waals surface area contributed by atoms with Crippen molar-refractivity contribution in [3.05, 3.63) is 35.4 Å². The predicted octanol–water partition coefficient (Wildman–Crippen LogP) is 2.70. The first kappa shape index (κ1) is 16.5. The Bertz CT molecular complexity index is 418. The molecule has 0 aliphatic carbocycles. The zero-order chi connectivity index (χ0) is 15.2. The molecule has 21 heavy (non-hydrogen) atoms. The van der Waals surface area contributed by atoms with Crippen LogP contribution in [0.15, 0.2) is 24.3 Å². The molecule has 1 heterocycles. The highest BCUT2D eigenvalue weighted by Gasteiger charge is 2.24. The second kappa shape index (κ2) is 7.92. The summed E-state index contributed by atoms with van der Waals surface area (Å²) in [6.45, 7) is 11.8. The fourth-order valence-electron chi connectivity index (χ4n) is 3.25. The van der Waals surface area contributed by atoms with Gasteiger partial charge in [-0.1, -0.05) is 44.5 Å². The van der Waals surface area contributed by atoms with Gasteiger partial charge in [0, 0.05) is 32.2 Å². The van der Waals surface area contributed by atoms with Crippen LogP contribution >= 0.6 is 0 Å². The quantitative estimate of drug-likeness (QED) is 0.872. The molecule has 3 heteroatoms. The highest BCUT2D eigenvalue weighted by atomic mass is 16.3. The van der Waals surface area contributed by atoms with Gasteiger partial charge in [0.05, 0.1) is 6.10 Å². The summed E-state index contributed by atoms with van der Waals surface area (Å²) < 4.78 is 0. The molecule has 1 aromatic carbocycles. The molecule has 1 fully saturated rings. The first-order valence-corrected chi connectivity index (χ1v) is 8.37. The summed E-state index contributed by atoms with van der Waals surface area (Å²) in [5.74, 6) is 0. The van der Waals surface area contributed by atoms with Gasteiger partial charge in [0.1, 0.15) is 0 Å². The number of aryl methyl sites for hydroxylation is 1. The average Bonchev–Trinajstić information content (AvgIpc) is 2.48. The third kappa shape index (κ3) is 4.53. The van der Waals surface area contributed by atoms with Crippen LogP contribution in [0.2, 0.25) is 0 Å². The van der Waals surface area contributed by atoms with Crippen molar-refractivity contribution in [3.63, 3.8) is 0 Å². The number of hydrogen-bond donors (Lipinski definition) is 1. The normalized spacial score (nSPS) is 22.4. The van der Waals surface area contributed by atoms with E-state index < -0.39 is 0 Å². The van der Waals surface area contributed by atoms with E-state index in [1.165, 1.54) is 12.0 Å². The summed E-state index contributed by atoms with van der Waals surface area (Å²) in [5, 5.41) is 10.4. The highest BCUT2D eigenvalue weighted by Crippen LogP contribution is 2.18. The standard InChI is InChI=1S/C18H30N2O/c1-4-6-16-7-9-17(10-8-16)18(21)14-19-11-12-20(5-2)15(3)13-19/h7-10,15,18,21H,4-6,11-14H2,1-3H3. The van der Waals surface area contributed by atoms with E-state index in [0.29, 0.717) is 6.04 Å². The largest absolute Gasteiger partial charge is 0.387 e. The Hall–Kier alpha value is -0.900. The fourth-order valence-corrected chi connectivity index (χ4v) is 3.25. The summed E-state index contributed by atoms with van der Waals surface area (Å²) in [7, 11) is 0. The highest BCUT2D eigenvalue weighted by molar-refractivity contribution is 5.24. The summed E-state index contributed by atoms with van der Waals surface area (Å²) >= 11 is 0. The monoisotopic (exact) mass is 290 g/mol. The Labute approximate surface area is 129 Å². The van der Waals surface area contributed by atoms with Crippen LogP contribution < -0.4 is 0 Å². The number of nitrogens with zero attached hydrogens (tertiary/aromatic N) is 2. The average molecular weight is 290 g/mol. The van der Waals surface area contributed by atoms with Crippen molar-refractivity contribution >= 4 is 0 Å². The van der Waals surface area contributed by atoms with Gasteiger partial charge in [0.15, 0.2) is 0 Å². The van der Waals surface area contributed by atoms with Crippen LogP contribution in [0.25, 0.3) is 0 Å². The van der Waals surface area contributed by atoms with Crippen LogP contribution in [-0.4, -0.2) is 53.7 Å². The number of aliphatic hydroxyl groups is 1. The number of benzene rings is 1. The van der Waals surface area contributed by atoms with E-state index >= 15 is 0 Å². The molecule has 0 amide bonds. The van der Waals surface area contributed by atoms with Gasteiger partial charge in [-0.2, -0.15) is 0 Å². The molecular formula is C18H30N2O. The van der Waals surface area contributed by atoms with Gasteiger partial charge in [0.2, 0.25) is 0 Å². The number of β-amino-alcohol motifs (C(OH)–C–C–N with tert-alkyl or cyclic N) is 1. The van der Waals surface area contributed by atoms with E-state index in [1.54, 1.807) is 0 Å². The van der Waals surface area contributed by atoms with Crippen molar-refractivity contribution < 1.29 is 5.11 Å². The lowest BCUT2D eigenvalue weighted by Gasteiger charge is -2.40. The molecule has 3 nitrogen and oxygen atoms in total. The van der Waals surface area contributed by atoms with E-state index in [1.807, 2.05) is 0 Å². The molecule has 118 valence electrons. The fraction of sp³-hybridized carbons (Fsp3) is 0.667. The van der Waals surface area contributed by atoms with Crippen molar-refractivity contribution in [1.29, 1.82) is 0 Å². The first-order chi connectivity index (χ1) is 10.1. The molecule has 2 rings (SSSR count). The topological polar surface area (TPSA) is 26.7 Å². The van der Waals surface area contributed by atoms with Crippen molar-refractivity contribution in [2.45, 2.75) is 45.8 Å². The van der Waals surface area contributed by atoms with Crippen molar-refractivity contribution in [2.24, 2.45) is 0 Å². The molecule has 0 saturated carbocycles. The van der Waals surface area contributed by atoms with Gasteiger partial charge in [-0.3, -0.25) is 9.80 Å². The maximum Gasteiger partial charge on any atom is 0.0916 e. The molecular weight excluding hydrogens is 260 g/mol. The van der Waals surface area contributed by atoms with Crippen LogP contribution in [0.3, 0.4) is 0 Å². The summed E-state index contributed by atoms with van der Waals surface area (Å²) in [6.07, 6.45) is 1.91.